The van der Waals surface area contributed by atoms with Gasteiger partial charge in [-0.2, -0.15) is 0 Å². The van der Waals surface area contributed by atoms with Crippen LogP contribution in [0, 0.1) is 0 Å². The maximum absolute atomic E-state index is 11.9. The lowest BCUT2D eigenvalue weighted by Crippen LogP contribution is -2.48. The van der Waals surface area contributed by atoms with E-state index in [1.54, 1.807) is 0 Å². The first-order valence-electron chi connectivity index (χ1n) is 10.4. The molecule has 7 nitrogen and oxygen atoms in total. The second-order valence-electron chi connectivity index (χ2n) is 11.1. The summed E-state index contributed by atoms with van der Waals surface area (Å²) in [5.74, 6) is -0.917. The van der Waals surface area contributed by atoms with Crippen molar-refractivity contribution < 1.29 is 28.3 Å². The second kappa shape index (κ2) is 9.07. The fourth-order valence-corrected chi connectivity index (χ4v) is 4.99. The first-order valence-corrected chi connectivity index (χ1v) is 16.2. The highest BCUT2D eigenvalue weighted by Gasteiger charge is 2.44. The topological polar surface area (TPSA) is 94.1 Å². The van der Waals surface area contributed by atoms with Gasteiger partial charge in [-0.15, -0.1) is 0 Å². The summed E-state index contributed by atoms with van der Waals surface area (Å²) in [4.78, 5) is 23.3. The number of alkyl carbamates (subject to hydrolysis) is 1. The summed E-state index contributed by atoms with van der Waals surface area (Å²) in [7, 11) is -4.15. The number of nitrogens with one attached hydrogen (secondary N) is 1. The largest absolute Gasteiger partial charge is 0.481 e. The minimum Gasteiger partial charge on any atom is -0.481 e. The van der Waals surface area contributed by atoms with Gasteiger partial charge < -0.3 is 24.0 Å². The van der Waals surface area contributed by atoms with Gasteiger partial charge in [0.25, 0.3) is 0 Å². The van der Waals surface area contributed by atoms with Crippen molar-refractivity contribution in [3.8, 4) is 0 Å². The summed E-state index contributed by atoms with van der Waals surface area (Å²) in [6.45, 7) is 21.7. The van der Waals surface area contributed by atoms with E-state index in [4.69, 9.17) is 13.6 Å². The first kappa shape index (κ1) is 26.1. The Morgan fingerprint density at radius 3 is 2.07 bits per heavy atom. The van der Waals surface area contributed by atoms with Gasteiger partial charge in [0.2, 0.25) is 0 Å². The molecule has 0 spiro atoms. The number of carbonyl (C=O) groups excluding carboxylic acids is 1. The summed E-state index contributed by atoms with van der Waals surface area (Å²) >= 11 is 0. The van der Waals surface area contributed by atoms with Crippen LogP contribution in [0.4, 0.5) is 4.79 Å². The number of cyclic esters (lactones) is 1. The number of carboxylic acid groups (broad SMARTS) is 1. The average molecular weight is 448 g/mol. The first-order chi connectivity index (χ1) is 12.9. The van der Waals surface area contributed by atoms with Crippen LogP contribution in [0.5, 0.6) is 0 Å². The summed E-state index contributed by atoms with van der Waals surface area (Å²) in [5.41, 5.74) is 0. The Morgan fingerprint density at radius 2 is 1.62 bits per heavy atom. The minimum absolute atomic E-state index is 0.0425. The van der Waals surface area contributed by atoms with Gasteiger partial charge in [0.05, 0.1) is 25.2 Å². The van der Waals surface area contributed by atoms with Gasteiger partial charge in [0.15, 0.2) is 16.6 Å². The lowest BCUT2D eigenvalue weighted by Gasteiger charge is -2.40. The van der Waals surface area contributed by atoms with Crippen molar-refractivity contribution in [2.45, 2.75) is 109 Å². The Bertz CT molecular complexity index is 595. The summed E-state index contributed by atoms with van der Waals surface area (Å²) in [6.07, 6.45) is -1.25. The molecule has 0 bridgehead atoms. The predicted molar refractivity (Wildman–Crippen MR) is 119 cm³/mol. The van der Waals surface area contributed by atoms with Crippen LogP contribution in [0.3, 0.4) is 0 Å². The second-order valence-corrected chi connectivity index (χ2v) is 20.7. The molecule has 1 heterocycles. The summed E-state index contributed by atoms with van der Waals surface area (Å²) in [6, 6.07) is -0.309. The van der Waals surface area contributed by atoms with Gasteiger partial charge in [-0.05, 0) is 36.3 Å². The van der Waals surface area contributed by atoms with E-state index >= 15 is 0 Å². The lowest BCUT2D eigenvalue weighted by atomic mass is 10.0. The molecular weight excluding hydrogens is 406 g/mol. The van der Waals surface area contributed by atoms with Gasteiger partial charge in [0.1, 0.15) is 6.10 Å². The number of hydrogen-bond donors (Lipinski definition) is 2. The SMILES string of the molecule is CC(C)(C)[Si](C)(C)OC[C@@H]1NC(=O)O[C@H]1C[C@@H](CC(=O)O)O[Si](C)(C)C(C)(C)C. The van der Waals surface area contributed by atoms with Crippen molar-refractivity contribution >= 4 is 28.7 Å². The molecule has 1 rings (SSSR count). The minimum atomic E-state index is -2.17. The smallest absolute Gasteiger partial charge is 0.407 e. The molecule has 3 atom stereocenters. The summed E-state index contributed by atoms with van der Waals surface area (Å²) in [5, 5.41) is 12.2. The van der Waals surface area contributed by atoms with Crippen molar-refractivity contribution in [2.24, 2.45) is 0 Å². The van der Waals surface area contributed by atoms with Crippen LogP contribution in [0.1, 0.15) is 54.4 Å². The van der Waals surface area contributed by atoms with E-state index in [-0.39, 0.29) is 22.5 Å². The molecule has 0 radical (unpaired) electrons. The molecular formula is C20H41NO6Si2. The molecule has 1 amide bonds. The van der Waals surface area contributed by atoms with Crippen molar-refractivity contribution in [3.05, 3.63) is 0 Å². The molecule has 1 saturated heterocycles. The number of aliphatic carboxylic acids is 1. The third-order valence-corrected chi connectivity index (χ3v) is 15.6. The normalized spacial score (nSPS) is 22.2. The molecule has 0 saturated carbocycles. The molecule has 0 aromatic carbocycles. The number of hydrogen-bond acceptors (Lipinski definition) is 5. The zero-order chi connectivity index (χ0) is 22.8. The van der Waals surface area contributed by atoms with E-state index in [0.29, 0.717) is 13.0 Å². The maximum atomic E-state index is 11.9. The van der Waals surface area contributed by atoms with E-state index < -0.39 is 40.9 Å². The van der Waals surface area contributed by atoms with Crippen molar-refractivity contribution in [1.82, 2.24) is 5.32 Å². The van der Waals surface area contributed by atoms with Crippen molar-refractivity contribution in [1.29, 1.82) is 0 Å². The molecule has 0 aliphatic carbocycles. The molecule has 1 aliphatic rings. The molecule has 0 aromatic heterocycles. The molecule has 2 N–H and O–H groups in total. The van der Waals surface area contributed by atoms with Gasteiger partial charge >= 0.3 is 12.1 Å². The van der Waals surface area contributed by atoms with E-state index in [1.165, 1.54) is 0 Å². The van der Waals surface area contributed by atoms with E-state index in [0.717, 1.165) is 0 Å². The number of rotatable bonds is 9. The van der Waals surface area contributed by atoms with Gasteiger partial charge in [-0.3, -0.25) is 4.79 Å². The Hall–Kier alpha value is -0.906. The monoisotopic (exact) mass is 447 g/mol. The van der Waals surface area contributed by atoms with Crippen LogP contribution in [0.15, 0.2) is 0 Å². The van der Waals surface area contributed by atoms with E-state index in [2.05, 4.69) is 73.0 Å². The van der Waals surface area contributed by atoms with E-state index in [9.17, 15) is 14.7 Å². The predicted octanol–water partition coefficient (Wildman–Crippen LogP) is 4.74. The third-order valence-electron chi connectivity index (χ3n) is 6.61. The molecule has 29 heavy (non-hydrogen) atoms. The fraction of sp³-hybridized carbons (Fsp3) is 0.900. The zero-order valence-corrected chi connectivity index (χ0v) is 21.8. The van der Waals surface area contributed by atoms with Gasteiger partial charge in [-0.25, -0.2) is 4.79 Å². The number of ether oxygens (including phenoxy) is 1. The highest BCUT2D eigenvalue weighted by molar-refractivity contribution is 6.74. The van der Waals surface area contributed by atoms with Crippen molar-refractivity contribution in [3.63, 3.8) is 0 Å². The van der Waals surface area contributed by atoms with Crippen LogP contribution in [0.2, 0.25) is 36.3 Å². The Morgan fingerprint density at radius 1 is 1.10 bits per heavy atom. The Labute approximate surface area is 178 Å². The van der Waals surface area contributed by atoms with Gasteiger partial charge in [-0.1, -0.05) is 41.5 Å². The molecule has 0 aromatic rings. The molecule has 1 fully saturated rings. The van der Waals surface area contributed by atoms with Crippen LogP contribution < -0.4 is 5.32 Å². The maximum Gasteiger partial charge on any atom is 0.407 e. The highest BCUT2D eigenvalue weighted by Crippen LogP contribution is 2.39. The quantitative estimate of drug-likeness (QED) is 0.496. The molecule has 170 valence electrons. The molecule has 9 heteroatoms. The molecule has 0 unspecified atom stereocenters. The number of amides is 1. The Kier molecular flexibility index (Phi) is 8.17. The lowest BCUT2D eigenvalue weighted by molar-refractivity contribution is -0.139. The number of carboxylic acids is 1. The van der Waals surface area contributed by atoms with Crippen LogP contribution in [-0.4, -0.2) is 58.7 Å². The van der Waals surface area contributed by atoms with Crippen LogP contribution >= 0.6 is 0 Å². The third kappa shape index (κ3) is 7.38. The van der Waals surface area contributed by atoms with E-state index in [1.807, 2.05) is 0 Å². The fourth-order valence-electron chi connectivity index (χ4n) is 2.59. The summed E-state index contributed by atoms with van der Waals surface area (Å²) < 4.78 is 18.1. The van der Waals surface area contributed by atoms with Gasteiger partial charge in [0, 0.05) is 6.42 Å². The average Bonchev–Trinajstić information content (AvgIpc) is 2.81. The standard InChI is InChI=1S/C20H41NO6Si2/c1-19(2,3)28(7,8)25-13-15-16(26-18(24)21-15)11-14(12-17(22)23)27-29(9,10)20(4,5)6/h14-16H,11-13H2,1-10H3,(H,21,24)(H,22,23)/t14-,15-,16-/m0/s1. The van der Waals surface area contributed by atoms with Crippen molar-refractivity contribution in [2.75, 3.05) is 6.61 Å². The molecule has 1 aliphatic heterocycles. The van der Waals surface area contributed by atoms with Crippen LogP contribution in [0.25, 0.3) is 0 Å². The number of carbonyl (C=O) groups is 2. The van der Waals surface area contributed by atoms with Crippen LogP contribution in [-0.2, 0) is 18.4 Å². The zero-order valence-electron chi connectivity index (χ0n) is 19.8. The highest BCUT2D eigenvalue weighted by atomic mass is 28.4. The Balaban J connectivity index is 2.90.